The minimum atomic E-state index is 0.0977. The number of nitrogens with one attached hydrogen (secondary N) is 1. The van der Waals surface area contributed by atoms with Gasteiger partial charge in [0.1, 0.15) is 11.5 Å². The average molecular weight is 374 g/mol. The number of fused-ring (bicyclic) bond motifs is 1. The van der Waals surface area contributed by atoms with Crippen molar-refractivity contribution < 1.29 is 4.79 Å². The quantitative estimate of drug-likeness (QED) is 0.763. The minimum absolute atomic E-state index is 0.0977. The zero-order chi connectivity index (χ0) is 17.2. The Morgan fingerprint density at radius 2 is 2.28 bits per heavy atom. The Morgan fingerprint density at radius 1 is 1.36 bits per heavy atom. The molecule has 6 nitrogen and oxygen atoms in total. The number of thiophene rings is 1. The van der Waals surface area contributed by atoms with Gasteiger partial charge in [0.25, 0.3) is 0 Å². The molecular weight excluding hydrogens is 354 g/mol. The fraction of sp³-hybridized carbons (Fsp3) is 0.412. The molecule has 0 aliphatic carbocycles. The van der Waals surface area contributed by atoms with Crippen molar-refractivity contribution in [1.82, 2.24) is 25.1 Å². The molecule has 1 amide bonds. The third-order valence-electron chi connectivity index (χ3n) is 4.37. The predicted molar refractivity (Wildman–Crippen MR) is 98.8 cm³/mol. The van der Waals surface area contributed by atoms with Crippen LogP contribution in [0.1, 0.15) is 28.6 Å². The highest BCUT2D eigenvalue weighted by molar-refractivity contribution is 7.10. The van der Waals surface area contributed by atoms with Crippen LogP contribution in [0, 0.1) is 6.92 Å². The second-order valence-electron chi connectivity index (χ2n) is 6.19. The zero-order valence-electron chi connectivity index (χ0n) is 13.9. The van der Waals surface area contributed by atoms with Crippen LogP contribution in [0.15, 0.2) is 22.9 Å². The lowest BCUT2D eigenvalue weighted by Crippen LogP contribution is -2.36. The van der Waals surface area contributed by atoms with E-state index in [1.807, 2.05) is 29.8 Å². The molecule has 3 aromatic heterocycles. The van der Waals surface area contributed by atoms with Crippen molar-refractivity contribution >= 4 is 28.6 Å². The Labute approximate surface area is 153 Å². The van der Waals surface area contributed by atoms with Crippen LogP contribution in [0.25, 0.3) is 11.5 Å². The molecule has 0 fully saturated rings. The molecule has 0 saturated heterocycles. The largest absolute Gasteiger partial charge is 0.353 e. The number of thiazole rings is 1. The molecule has 3 aromatic rings. The second-order valence-corrected chi connectivity index (χ2v) is 8.29. The van der Waals surface area contributed by atoms with E-state index < -0.39 is 0 Å². The van der Waals surface area contributed by atoms with E-state index in [1.54, 1.807) is 22.7 Å². The first kappa shape index (κ1) is 16.4. The van der Waals surface area contributed by atoms with Crippen LogP contribution < -0.4 is 5.32 Å². The summed E-state index contributed by atoms with van der Waals surface area (Å²) in [6, 6.07) is 4.16. The number of carbonyl (C=O) groups is 1. The summed E-state index contributed by atoms with van der Waals surface area (Å²) in [4.78, 5) is 17.9. The molecule has 1 aliphatic heterocycles. The van der Waals surface area contributed by atoms with E-state index in [4.69, 9.17) is 0 Å². The topological polar surface area (TPSA) is 72.7 Å². The molecule has 1 atom stereocenters. The van der Waals surface area contributed by atoms with Crippen LogP contribution in [-0.4, -0.2) is 31.7 Å². The summed E-state index contributed by atoms with van der Waals surface area (Å²) in [5.41, 5.74) is 0.890. The molecule has 1 unspecified atom stereocenters. The van der Waals surface area contributed by atoms with E-state index >= 15 is 0 Å². The zero-order valence-corrected chi connectivity index (χ0v) is 15.6. The first-order valence-electron chi connectivity index (χ1n) is 8.35. The minimum Gasteiger partial charge on any atom is -0.353 e. The highest BCUT2D eigenvalue weighted by Gasteiger charge is 2.23. The van der Waals surface area contributed by atoms with Gasteiger partial charge in [-0.3, -0.25) is 4.79 Å². The summed E-state index contributed by atoms with van der Waals surface area (Å²) < 4.78 is 2.15. The van der Waals surface area contributed by atoms with Crippen molar-refractivity contribution in [2.75, 3.05) is 0 Å². The Kier molecular flexibility index (Phi) is 4.63. The van der Waals surface area contributed by atoms with Gasteiger partial charge in [-0.1, -0.05) is 6.07 Å². The number of hydrogen-bond donors (Lipinski definition) is 1. The van der Waals surface area contributed by atoms with Gasteiger partial charge in [0.2, 0.25) is 5.91 Å². The van der Waals surface area contributed by atoms with Crippen LogP contribution in [0.5, 0.6) is 0 Å². The van der Waals surface area contributed by atoms with E-state index in [0.717, 1.165) is 53.0 Å². The van der Waals surface area contributed by atoms with Crippen molar-refractivity contribution in [2.24, 2.45) is 0 Å². The van der Waals surface area contributed by atoms with Gasteiger partial charge in [-0.05, 0) is 31.2 Å². The summed E-state index contributed by atoms with van der Waals surface area (Å²) in [5, 5.41) is 16.9. The molecule has 4 rings (SSSR count). The smallest absolute Gasteiger partial charge is 0.225 e. The molecular formula is C17H19N5OS2. The van der Waals surface area contributed by atoms with E-state index in [-0.39, 0.29) is 11.9 Å². The van der Waals surface area contributed by atoms with Gasteiger partial charge in [-0.2, -0.15) is 0 Å². The lowest BCUT2D eigenvalue weighted by Gasteiger charge is -2.15. The number of aryl methyl sites for hydroxylation is 2. The molecule has 4 heterocycles. The third-order valence-corrected chi connectivity index (χ3v) is 6.02. The predicted octanol–water partition coefficient (Wildman–Crippen LogP) is 2.84. The summed E-state index contributed by atoms with van der Waals surface area (Å²) in [6.07, 6.45) is 3.06. The van der Waals surface area contributed by atoms with Crippen LogP contribution in [0.2, 0.25) is 0 Å². The molecule has 1 N–H and O–H groups in total. The fourth-order valence-corrected chi connectivity index (χ4v) is 4.43. The standard InChI is InChI=1S/C17H19N5OS2/c1-11-18-14(10-25-11)17-21-20-15-5-4-12(6-7-22(15)17)19-16(23)9-13-3-2-8-24-13/h2-3,8,10,12H,4-7,9H2,1H3,(H,19,23). The monoisotopic (exact) mass is 373 g/mol. The first-order valence-corrected chi connectivity index (χ1v) is 10.1. The van der Waals surface area contributed by atoms with Crippen LogP contribution >= 0.6 is 22.7 Å². The number of nitrogens with zero attached hydrogens (tertiary/aromatic N) is 4. The first-order chi connectivity index (χ1) is 12.2. The van der Waals surface area contributed by atoms with Gasteiger partial charge >= 0.3 is 0 Å². The summed E-state index contributed by atoms with van der Waals surface area (Å²) in [6.45, 7) is 2.80. The maximum absolute atomic E-state index is 12.2. The lowest BCUT2D eigenvalue weighted by molar-refractivity contribution is -0.121. The molecule has 0 aromatic carbocycles. The normalized spacial score (nSPS) is 17.1. The fourth-order valence-electron chi connectivity index (χ4n) is 3.14. The summed E-state index contributed by atoms with van der Waals surface area (Å²) in [7, 11) is 0. The Morgan fingerprint density at radius 3 is 3.04 bits per heavy atom. The maximum atomic E-state index is 12.2. The highest BCUT2D eigenvalue weighted by Crippen LogP contribution is 2.24. The van der Waals surface area contributed by atoms with E-state index in [2.05, 4.69) is 25.1 Å². The van der Waals surface area contributed by atoms with Crippen molar-refractivity contribution in [3.8, 4) is 11.5 Å². The van der Waals surface area contributed by atoms with Gasteiger partial charge in [0.15, 0.2) is 5.82 Å². The molecule has 130 valence electrons. The van der Waals surface area contributed by atoms with E-state index in [0.29, 0.717) is 6.42 Å². The molecule has 8 heteroatoms. The van der Waals surface area contributed by atoms with E-state index in [9.17, 15) is 4.79 Å². The molecule has 1 aliphatic rings. The van der Waals surface area contributed by atoms with Crippen LogP contribution in [0.3, 0.4) is 0 Å². The SMILES string of the molecule is Cc1nc(-c2nnc3n2CCC(NC(=O)Cc2cccs2)CC3)cs1. The van der Waals surface area contributed by atoms with Gasteiger partial charge in [-0.15, -0.1) is 32.9 Å². The molecule has 0 saturated carbocycles. The van der Waals surface area contributed by atoms with Crippen molar-refractivity contribution in [2.45, 2.75) is 45.2 Å². The maximum Gasteiger partial charge on any atom is 0.225 e. The second kappa shape index (κ2) is 7.05. The molecule has 25 heavy (non-hydrogen) atoms. The van der Waals surface area contributed by atoms with Crippen molar-refractivity contribution in [3.63, 3.8) is 0 Å². The molecule has 0 bridgehead atoms. The summed E-state index contributed by atoms with van der Waals surface area (Å²) in [5.74, 6) is 1.92. The third kappa shape index (κ3) is 3.64. The number of carbonyl (C=O) groups excluding carboxylic acids is 1. The lowest BCUT2D eigenvalue weighted by atomic mass is 10.1. The Hall–Kier alpha value is -2.06. The van der Waals surface area contributed by atoms with Gasteiger partial charge in [0.05, 0.1) is 11.4 Å². The van der Waals surface area contributed by atoms with Crippen molar-refractivity contribution in [1.29, 1.82) is 0 Å². The van der Waals surface area contributed by atoms with Crippen molar-refractivity contribution in [3.05, 3.63) is 38.6 Å². The number of hydrogen-bond acceptors (Lipinski definition) is 6. The number of amides is 1. The molecule has 0 radical (unpaired) electrons. The van der Waals surface area contributed by atoms with Crippen LogP contribution in [0.4, 0.5) is 0 Å². The number of rotatable bonds is 4. The summed E-state index contributed by atoms with van der Waals surface area (Å²) >= 11 is 3.24. The van der Waals surface area contributed by atoms with Gasteiger partial charge < -0.3 is 9.88 Å². The van der Waals surface area contributed by atoms with Gasteiger partial charge in [-0.25, -0.2) is 4.98 Å². The van der Waals surface area contributed by atoms with Gasteiger partial charge in [0, 0.05) is 29.3 Å². The highest BCUT2D eigenvalue weighted by atomic mass is 32.1. The Bertz CT molecular complexity index is 868. The Balaban J connectivity index is 1.42. The van der Waals surface area contributed by atoms with E-state index in [1.165, 1.54) is 0 Å². The number of aromatic nitrogens is 4. The average Bonchev–Trinajstić information content (AvgIpc) is 3.29. The molecule has 0 spiro atoms. The van der Waals surface area contributed by atoms with Crippen LogP contribution in [-0.2, 0) is 24.2 Å².